The van der Waals surface area contributed by atoms with Crippen molar-refractivity contribution in [1.82, 2.24) is 5.32 Å². The molecular formula is C13H18N2O. The third-order valence-electron chi connectivity index (χ3n) is 3.12. The van der Waals surface area contributed by atoms with Crippen molar-refractivity contribution in [3.63, 3.8) is 0 Å². The molecule has 0 aromatic heterocycles. The van der Waals surface area contributed by atoms with Crippen molar-refractivity contribution in [2.45, 2.75) is 25.8 Å². The lowest BCUT2D eigenvalue weighted by atomic mass is 9.85. The zero-order chi connectivity index (χ0) is 11.4. The summed E-state index contributed by atoms with van der Waals surface area (Å²) < 4.78 is 0. The van der Waals surface area contributed by atoms with Crippen LogP contribution in [-0.4, -0.2) is 13.0 Å². The molecule has 0 saturated heterocycles. The summed E-state index contributed by atoms with van der Waals surface area (Å²) in [7, 11) is 1.91. The molecule has 1 fully saturated rings. The third kappa shape index (κ3) is 2.42. The van der Waals surface area contributed by atoms with E-state index in [2.05, 4.69) is 10.6 Å². The molecule has 1 saturated carbocycles. The van der Waals surface area contributed by atoms with E-state index in [-0.39, 0.29) is 11.8 Å². The average molecular weight is 218 g/mol. The van der Waals surface area contributed by atoms with Crippen molar-refractivity contribution in [3.05, 3.63) is 29.8 Å². The van der Waals surface area contributed by atoms with Crippen LogP contribution < -0.4 is 10.6 Å². The first-order valence-electron chi connectivity index (χ1n) is 5.84. The maximum atomic E-state index is 11.8. The van der Waals surface area contributed by atoms with E-state index in [1.54, 1.807) is 0 Å². The Morgan fingerprint density at radius 2 is 2.12 bits per heavy atom. The topological polar surface area (TPSA) is 41.1 Å². The largest absolute Gasteiger partial charge is 0.326 e. The van der Waals surface area contributed by atoms with Crippen molar-refractivity contribution >= 4 is 11.6 Å². The van der Waals surface area contributed by atoms with E-state index in [0.717, 1.165) is 30.6 Å². The number of nitrogens with one attached hydrogen (secondary N) is 2. The lowest BCUT2D eigenvalue weighted by molar-refractivity contribution is -0.122. The smallest absolute Gasteiger partial charge is 0.227 e. The minimum atomic E-state index is 0.176. The van der Waals surface area contributed by atoms with Crippen LogP contribution in [-0.2, 0) is 11.3 Å². The summed E-state index contributed by atoms with van der Waals surface area (Å²) >= 11 is 0. The second kappa shape index (κ2) is 5.12. The molecule has 0 aliphatic heterocycles. The molecule has 2 N–H and O–H groups in total. The van der Waals surface area contributed by atoms with Crippen LogP contribution in [0.1, 0.15) is 24.8 Å². The van der Waals surface area contributed by atoms with E-state index >= 15 is 0 Å². The first-order chi connectivity index (χ1) is 7.81. The Balaban J connectivity index is 2.04. The van der Waals surface area contributed by atoms with Crippen molar-refractivity contribution < 1.29 is 4.79 Å². The highest BCUT2D eigenvalue weighted by Crippen LogP contribution is 2.28. The van der Waals surface area contributed by atoms with Crippen molar-refractivity contribution in [1.29, 1.82) is 0 Å². The molecular weight excluding hydrogens is 200 g/mol. The Morgan fingerprint density at radius 1 is 1.38 bits per heavy atom. The van der Waals surface area contributed by atoms with Gasteiger partial charge in [-0.1, -0.05) is 24.6 Å². The van der Waals surface area contributed by atoms with Crippen LogP contribution in [0.2, 0.25) is 0 Å². The van der Waals surface area contributed by atoms with Crippen LogP contribution in [0.5, 0.6) is 0 Å². The van der Waals surface area contributed by atoms with Gasteiger partial charge in [0.2, 0.25) is 5.91 Å². The van der Waals surface area contributed by atoms with Crippen LogP contribution in [0.15, 0.2) is 24.3 Å². The number of para-hydroxylation sites is 1. The summed E-state index contributed by atoms with van der Waals surface area (Å²) in [6.07, 6.45) is 3.27. The minimum absolute atomic E-state index is 0.176. The number of anilines is 1. The van der Waals surface area contributed by atoms with Crippen molar-refractivity contribution in [2.24, 2.45) is 5.92 Å². The molecule has 1 aromatic carbocycles. The predicted molar refractivity (Wildman–Crippen MR) is 65.2 cm³/mol. The summed E-state index contributed by atoms with van der Waals surface area (Å²) in [5, 5.41) is 6.12. The number of hydrogen-bond acceptors (Lipinski definition) is 2. The first kappa shape index (κ1) is 11.1. The second-order valence-electron chi connectivity index (χ2n) is 4.30. The molecule has 1 aliphatic rings. The van der Waals surface area contributed by atoms with Gasteiger partial charge >= 0.3 is 0 Å². The van der Waals surface area contributed by atoms with Gasteiger partial charge in [-0.2, -0.15) is 0 Å². The second-order valence-corrected chi connectivity index (χ2v) is 4.30. The highest BCUT2D eigenvalue weighted by molar-refractivity contribution is 5.93. The van der Waals surface area contributed by atoms with Crippen molar-refractivity contribution in [2.75, 3.05) is 12.4 Å². The molecule has 1 aliphatic carbocycles. The summed E-state index contributed by atoms with van der Waals surface area (Å²) in [5.41, 5.74) is 2.08. The Labute approximate surface area is 96.2 Å². The lowest BCUT2D eigenvalue weighted by Gasteiger charge is -2.24. The van der Waals surface area contributed by atoms with Crippen LogP contribution in [0.25, 0.3) is 0 Å². The van der Waals surface area contributed by atoms with E-state index in [4.69, 9.17) is 0 Å². The van der Waals surface area contributed by atoms with E-state index in [1.807, 2.05) is 31.3 Å². The van der Waals surface area contributed by atoms with Gasteiger partial charge in [0.15, 0.2) is 0 Å². The van der Waals surface area contributed by atoms with E-state index < -0.39 is 0 Å². The van der Waals surface area contributed by atoms with Crippen LogP contribution >= 0.6 is 0 Å². The number of amides is 1. The maximum Gasteiger partial charge on any atom is 0.227 e. The fourth-order valence-corrected chi connectivity index (χ4v) is 1.89. The van der Waals surface area contributed by atoms with Gasteiger partial charge in [-0.25, -0.2) is 0 Å². The van der Waals surface area contributed by atoms with Crippen LogP contribution in [0, 0.1) is 5.92 Å². The highest BCUT2D eigenvalue weighted by Gasteiger charge is 2.25. The predicted octanol–water partition coefficient (Wildman–Crippen LogP) is 2.14. The molecule has 0 unspecified atom stereocenters. The Kier molecular flexibility index (Phi) is 3.57. The summed E-state index contributed by atoms with van der Waals surface area (Å²) in [6, 6.07) is 7.94. The minimum Gasteiger partial charge on any atom is -0.326 e. The fourth-order valence-electron chi connectivity index (χ4n) is 1.89. The standard InChI is InChI=1S/C13H18N2O/c1-14-9-11-5-2-3-8-12(11)15-13(16)10-6-4-7-10/h2-3,5,8,10,14H,4,6-7,9H2,1H3,(H,15,16). The van der Waals surface area contributed by atoms with Gasteiger partial charge in [0.1, 0.15) is 0 Å². The van der Waals surface area contributed by atoms with Gasteiger partial charge in [0.05, 0.1) is 0 Å². The molecule has 0 atom stereocenters. The monoisotopic (exact) mass is 218 g/mol. The van der Waals surface area contributed by atoms with Gasteiger partial charge in [0, 0.05) is 18.2 Å². The molecule has 0 heterocycles. The van der Waals surface area contributed by atoms with Crippen molar-refractivity contribution in [3.8, 4) is 0 Å². The van der Waals surface area contributed by atoms with Crippen LogP contribution in [0.3, 0.4) is 0 Å². The average Bonchev–Trinajstić information content (AvgIpc) is 2.18. The molecule has 16 heavy (non-hydrogen) atoms. The molecule has 86 valence electrons. The summed E-state index contributed by atoms with van der Waals surface area (Å²) in [4.78, 5) is 11.8. The molecule has 2 rings (SSSR count). The van der Waals surface area contributed by atoms with Crippen LogP contribution in [0.4, 0.5) is 5.69 Å². The van der Waals surface area contributed by atoms with E-state index in [9.17, 15) is 4.79 Å². The molecule has 3 heteroatoms. The zero-order valence-electron chi connectivity index (χ0n) is 9.62. The zero-order valence-corrected chi connectivity index (χ0v) is 9.62. The fraction of sp³-hybridized carbons (Fsp3) is 0.462. The highest BCUT2D eigenvalue weighted by atomic mass is 16.1. The normalized spacial score (nSPS) is 15.6. The Hall–Kier alpha value is -1.35. The molecule has 0 bridgehead atoms. The lowest BCUT2D eigenvalue weighted by Crippen LogP contribution is -2.28. The third-order valence-corrected chi connectivity index (χ3v) is 3.12. The van der Waals surface area contributed by atoms with Gasteiger partial charge < -0.3 is 10.6 Å². The Morgan fingerprint density at radius 3 is 2.75 bits per heavy atom. The molecule has 0 radical (unpaired) electrons. The van der Waals surface area contributed by atoms with Gasteiger partial charge in [-0.3, -0.25) is 4.79 Å². The summed E-state index contributed by atoms with van der Waals surface area (Å²) in [5.74, 6) is 0.414. The van der Waals surface area contributed by atoms with Gasteiger partial charge in [-0.05, 0) is 31.5 Å². The quantitative estimate of drug-likeness (QED) is 0.813. The van der Waals surface area contributed by atoms with E-state index in [0.29, 0.717) is 0 Å². The van der Waals surface area contributed by atoms with Gasteiger partial charge in [-0.15, -0.1) is 0 Å². The molecule has 1 amide bonds. The molecule has 3 nitrogen and oxygen atoms in total. The maximum absolute atomic E-state index is 11.8. The van der Waals surface area contributed by atoms with E-state index in [1.165, 1.54) is 6.42 Å². The van der Waals surface area contributed by atoms with Gasteiger partial charge in [0.25, 0.3) is 0 Å². The SMILES string of the molecule is CNCc1ccccc1NC(=O)C1CCC1. The number of carbonyl (C=O) groups is 1. The number of hydrogen-bond donors (Lipinski definition) is 2. The summed E-state index contributed by atoms with van der Waals surface area (Å²) in [6.45, 7) is 0.779. The molecule has 0 spiro atoms. The number of benzene rings is 1. The molecule has 1 aromatic rings. The first-order valence-corrected chi connectivity index (χ1v) is 5.84. The number of carbonyl (C=O) groups excluding carboxylic acids is 1. The Bertz CT molecular complexity index is 372. The number of rotatable bonds is 4.